The normalized spacial score (nSPS) is 11.3. The van der Waals surface area contributed by atoms with Crippen LogP contribution in [0, 0.1) is 6.92 Å². The number of aryl methyl sites for hydroxylation is 1. The average molecular weight is 572 g/mol. The van der Waals surface area contributed by atoms with Crippen molar-refractivity contribution in [3.63, 3.8) is 0 Å². The molecular weight excluding hydrogens is 538 g/mol. The first-order chi connectivity index (χ1) is 18.2. The lowest BCUT2D eigenvalue weighted by Crippen LogP contribution is -2.32. The number of nitrogens with zero attached hydrogens (tertiary/aromatic N) is 4. The van der Waals surface area contributed by atoms with Crippen molar-refractivity contribution in [1.29, 1.82) is 0 Å². The second-order valence-corrected chi connectivity index (χ2v) is 11.0. The molecule has 4 aromatic rings. The van der Waals surface area contributed by atoms with Gasteiger partial charge in [-0.3, -0.25) is 14.2 Å². The minimum absolute atomic E-state index is 0. The molecule has 2 aromatic heterocycles. The van der Waals surface area contributed by atoms with Gasteiger partial charge in [-0.25, -0.2) is 13.4 Å². The molecule has 0 fully saturated rings. The maximum Gasteiger partial charge on any atom is 0.276 e. The molecule has 0 radical (unpaired) electrons. The van der Waals surface area contributed by atoms with Crippen LogP contribution in [-0.4, -0.2) is 61.9 Å². The van der Waals surface area contributed by atoms with E-state index in [0.29, 0.717) is 30.0 Å². The first kappa shape index (κ1) is 29.9. The first-order valence-corrected chi connectivity index (χ1v) is 13.9. The van der Waals surface area contributed by atoms with Gasteiger partial charge in [0.2, 0.25) is 0 Å². The number of ether oxygens (including phenoxy) is 1. The number of aromatic amines is 1. The third-order valence-electron chi connectivity index (χ3n) is 6.14. The molecule has 0 aliphatic rings. The molecule has 9 nitrogen and oxygen atoms in total. The van der Waals surface area contributed by atoms with Crippen molar-refractivity contribution in [3.8, 4) is 11.6 Å². The highest BCUT2D eigenvalue weighted by molar-refractivity contribution is 7.93. The summed E-state index contributed by atoms with van der Waals surface area (Å²) in [5.74, 6) is 0.763. The number of para-hydroxylation sites is 1. The summed E-state index contributed by atoms with van der Waals surface area (Å²) >= 11 is 0. The van der Waals surface area contributed by atoms with E-state index in [1.54, 1.807) is 44.2 Å². The Morgan fingerprint density at radius 3 is 2.46 bits per heavy atom. The molecule has 4 rings (SSSR count). The molecule has 39 heavy (non-hydrogen) atoms. The number of pyridine rings is 1. The number of hydrogen-bond acceptors (Lipinski definition) is 6. The van der Waals surface area contributed by atoms with Crippen LogP contribution in [0.2, 0.25) is 0 Å². The Balaban J connectivity index is 0.00000420. The number of H-pyrrole nitrogens is 1. The molecule has 208 valence electrons. The molecule has 0 amide bonds. The van der Waals surface area contributed by atoms with Gasteiger partial charge in [0.05, 0.1) is 5.69 Å². The van der Waals surface area contributed by atoms with Crippen molar-refractivity contribution >= 4 is 28.1 Å². The van der Waals surface area contributed by atoms with Crippen LogP contribution in [-0.2, 0) is 16.4 Å². The number of halogens is 1. The van der Waals surface area contributed by atoms with E-state index >= 15 is 0 Å². The Hall–Kier alpha value is -3.60. The molecule has 0 saturated carbocycles. The molecule has 0 unspecified atom stereocenters. The molecule has 2 heterocycles. The average Bonchev–Trinajstić information content (AvgIpc) is 3.18. The number of benzene rings is 2. The molecule has 1 N–H and O–H groups in total. The maximum atomic E-state index is 13.8. The summed E-state index contributed by atoms with van der Waals surface area (Å²) in [6, 6.07) is 19.5. The van der Waals surface area contributed by atoms with Gasteiger partial charge in [-0.15, -0.1) is 12.4 Å². The number of aromatic nitrogens is 3. The lowest BCUT2D eigenvalue weighted by Gasteiger charge is -2.23. The summed E-state index contributed by atoms with van der Waals surface area (Å²) in [7, 11) is -0.0412. The largest absolute Gasteiger partial charge is 0.492 e. The molecule has 0 aliphatic carbocycles. The molecule has 0 aliphatic heterocycles. The van der Waals surface area contributed by atoms with E-state index in [2.05, 4.69) is 10.1 Å². The van der Waals surface area contributed by atoms with Gasteiger partial charge in [0, 0.05) is 37.0 Å². The third kappa shape index (κ3) is 6.70. The van der Waals surface area contributed by atoms with E-state index in [-0.39, 0.29) is 35.2 Å². The van der Waals surface area contributed by atoms with Crippen LogP contribution in [0.1, 0.15) is 23.7 Å². The first-order valence-electron chi connectivity index (χ1n) is 12.4. The highest BCUT2D eigenvalue weighted by atomic mass is 35.5. The number of rotatable bonds is 11. The van der Waals surface area contributed by atoms with Crippen LogP contribution in [0.4, 0.5) is 5.69 Å². The number of likely N-dealkylation sites (N-methyl/N-ethyl adjacent to an activating group) is 1. The van der Waals surface area contributed by atoms with E-state index in [1.165, 1.54) is 21.3 Å². The summed E-state index contributed by atoms with van der Waals surface area (Å²) in [6.45, 7) is 5.13. The predicted molar refractivity (Wildman–Crippen MR) is 156 cm³/mol. The van der Waals surface area contributed by atoms with Crippen LogP contribution in [0.15, 0.2) is 82.6 Å². The van der Waals surface area contributed by atoms with E-state index in [9.17, 15) is 13.2 Å². The van der Waals surface area contributed by atoms with Crippen LogP contribution in [0.5, 0.6) is 5.75 Å². The Labute approximate surface area is 235 Å². The highest BCUT2D eigenvalue weighted by Gasteiger charge is 2.29. The molecule has 0 saturated heterocycles. The van der Waals surface area contributed by atoms with Gasteiger partial charge in [0.1, 0.15) is 17.3 Å². The fraction of sp³-hybridized carbons (Fsp3) is 0.286. The molecule has 0 spiro atoms. The van der Waals surface area contributed by atoms with E-state index in [4.69, 9.17) is 4.74 Å². The van der Waals surface area contributed by atoms with Gasteiger partial charge in [-0.2, -0.15) is 4.68 Å². The van der Waals surface area contributed by atoms with E-state index < -0.39 is 10.0 Å². The lowest BCUT2D eigenvalue weighted by atomic mass is 10.1. The van der Waals surface area contributed by atoms with Gasteiger partial charge in [0.25, 0.3) is 15.6 Å². The predicted octanol–water partition coefficient (Wildman–Crippen LogP) is 4.04. The maximum absolute atomic E-state index is 13.8. The molecule has 0 bridgehead atoms. The zero-order chi connectivity index (χ0) is 27.3. The zero-order valence-corrected chi connectivity index (χ0v) is 24.1. The standard InChI is InChI=1S/C28H33N5O4S.ClH/c1-5-32(23-12-7-6-8-13-23)38(35,36)26-15-10-16-29-27(26)33-28(34)25(21(2)30-33)20-22-11-9-14-24(19-22)37-18-17-31(3)4;/h6-16,19,30H,5,17-18,20H2,1-4H3;1H. The SMILES string of the molecule is CCN(c1ccccc1)S(=O)(=O)c1cccnc1-n1[nH]c(C)c(Cc2cccc(OCCN(C)C)c2)c1=O.Cl. The highest BCUT2D eigenvalue weighted by Crippen LogP contribution is 2.26. The third-order valence-corrected chi connectivity index (χ3v) is 8.07. The van der Waals surface area contributed by atoms with Crippen molar-refractivity contribution in [3.05, 3.63) is 100 Å². The summed E-state index contributed by atoms with van der Waals surface area (Å²) in [4.78, 5) is 19.9. The fourth-order valence-corrected chi connectivity index (χ4v) is 5.79. The Morgan fingerprint density at radius 2 is 1.77 bits per heavy atom. The van der Waals surface area contributed by atoms with Crippen LogP contribution >= 0.6 is 12.4 Å². The van der Waals surface area contributed by atoms with Gasteiger partial charge in [-0.1, -0.05) is 30.3 Å². The van der Waals surface area contributed by atoms with E-state index in [1.807, 2.05) is 49.3 Å². The van der Waals surface area contributed by atoms with Crippen LogP contribution < -0.4 is 14.6 Å². The smallest absolute Gasteiger partial charge is 0.276 e. The minimum atomic E-state index is -4.01. The van der Waals surface area contributed by atoms with Crippen molar-refractivity contribution in [2.24, 2.45) is 0 Å². The fourth-order valence-electron chi connectivity index (χ4n) is 4.19. The summed E-state index contributed by atoms with van der Waals surface area (Å²) < 4.78 is 35.9. The molecule has 2 aromatic carbocycles. The Bertz CT molecular complexity index is 1550. The second kappa shape index (κ2) is 13.0. The van der Waals surface area contributed by atoms with Gasteiger partial charge in [0.15, 0.2) is 5.82 Å². The lowest BCUT2D eigenvalue weighted by molar-refractivity contribution is 0.261. The second-order valence-electron chi connectivity index (χ2n) is 9.16. The summed E-state index contributed by atoms with van der Waals surface area (Å²) in [5, 5.41) is 3.04. The minimum Gasteiger partial charge on any atom is -0.492 e. The van der Waals surface area contributed by atoms with E-state index in [0.717, 1.165) is 17.9 Å². The van der Waals surface area contributed by atoms with Gasteiger partial charge in [-0.05, 0) is 69.9 Å². The summed E-state index contributed by atoms with van der Waals surface area (Å²) in [6.07, 6.45) is 1.84. The number of hydrogen-bond donors (Lipinski definition) is 1. The van der Waals surface area contributed by atoms with Crippen LogP contribution in [0.25, 0.3) is 5.82 Å². The number of anilines is 1. The van der Waals surface area contributed by atoms with Gasteiger partial charge >= 0.3 is 0 Å². The number of nitrogens with one attached hydrogen (secondary N) is 1. The topological polar surface area (TPSA) is 101 Å². The zero-order valence-electron chi connectivity index (χ0n) is 22.5. The van der Waals surface area contributed by atoms with Crippen molar-refractivity contribution in [1.82, 2.24) is 19.7 Å². The van der Waals surface area contributed by atoms with Crippen molar-refractivity contribution < 1.29 is 13.2 Å². The monoisotopic (exact) mass is 571 g/mol. The molecule has 11 heteroatoms. The van der Waals surface area contributed by atoms with Gasteiger partial charge < -0.3 is 9.64 Å². The Morgan fingerprint density at radius 1 is 1.03 bits per heavy atom. The van der Waals surface area contributed by atoms with Crippen molar-refractivity contribution in [2.75, 3.05) is 38.1 Å². The van der Waals surface area contributed by atoms with Crippen molar-refractivity contribution in [2.45, 2.75) is 25.2 Å². The molecular formula is C28H34ClN5O4S. The number of sulfonamides is 1. The Kier molecular flexibility index (Phi) is 9.96. The summed E-state index contributed by atoms with van der Waals surface area (Å²) in [5.41, 5.74) is 2.26. The van der Waals surface area contributed by atoms with Crippen LogP contribution in [0.3, 0.4) is 0 Å². The molecule has 0 atom stereocenters. The quantitative estimate of drug-likeness (QED) is 0.292.